The summed E-state index contributed by atoms with van der Waals surface area (Å²) in [5.74, 6) is 0.556. The lowest BCUT2D eigenvalue weighted by atomic mass is 10.00. The Balaban J connectivity index is 1.72. The second kappa shape index (κ2) is 5.89. The van der Waals surface area contributed by atoms with Gasteiger partial charge in [-0.05, 0) is 29.7 Å². The van der Waals surface area contributed by atoms with Crippen molar-refractivity contribution < 1.29 is 4.74 Å². The van der Waals surface area contributed by atoms with Gasteiger partial charge in [0.25, 0.3) is 0 Å². The monoisotopic (exact) mass is 333 g/mol. The van der Waals surface area contributed by atoms with Gasteiger partial charge in [-0.25, -0.2) is 0 Å². The number of halogens is 1. The Kier molecular flexibility index (Phi) is 3.98. The van der Waals surface area contributed by atoms with Gasteiger partial charge in [0, 0.05) is 30.2 Å². The minimum absolute atomic E-state index is 0.556. The summed E-state index contributed by atoms with van der Waals surface area (Å²) >= 11 is 3.64. The van der Waals surface area contributed by atoms with Gasteiger partial charge in [-0.3, -0.25) is 4.90 Å². The normalized spacial score (nSPS) is 14.9. The smallest absolute Gasteiger partial charge is 0.233 e. The first kappa shape index (κ1) is 13.5. The van der Waals surface area contributed by atoms with Gasteiger partial charge in [0.1, 0.15) is 0 Å². The average Bonchev–Trinajstić information content (AvgIpc) is 2.49. The third-order valence-electron chi connectivity index (χ3n) is 3.59. The van der Waals surface area contributed by atoms with Crippen molar-refractivity contribution >= 4 is 15.9 Å². The van der Waals surface area contributed by atoms with Crippen LogP contribution in [-0.2, 0) is 19.5 Å². The number of benzene rings is 1. The molecule has 0 fully saturated rings. The minimum atomic E-state index is 0.556. The number of aromatic nitrogens is 2. The van der Waals surface area contributed by atoms with E-state index in [1.54, 1.807) is 7.11 Å². The van der Waals surface area contributed by atoms with E-state index in [4.69, 9.17) is 4.74 Å². The molecule has 1 aromatic heterocycles. The first-order valence-electron chi connectivity index (χ1n) is 6.61. The Morgan fingerprint density at radius 2 is 2.15 bits per heavy atom. The summed E-state index contributed by atoms with van der Waals surface area (Å²) in [7, 11) is 1.60. The molecular formula is C15H16BrN3O. The average molecular weight is 334 g/mol. The molecule has 0 atom stereocenters. The highest BCUT2D eigenvalue weighted by atomic mass is 79.9. The number of ether oxygens (including phenoxy) is 1. The van der Waals surface area contributed by atoms with Gasteiger partial charge in [-0.15, -0.1) is 5.10 Å². The van der Waals surface area contributed by atoms with Crippen LogP contribution in [0, 0.1) is 0 Å². The Labute approximate surface area is 126 Å². The van der Waals surface area contributed by atoms with Crippen molar-refractivity contribution in [3.05, 3.63) is 51.6 Å². The standard InChI is InChI=1S/C15H16BrN3O/c1-20-15-6-5-12(17-18-15)9-19-8-7-11-3-2-4-14(16)13(11)10-19/h2-6H,7-10H2,1H3. The van der Waals surface area contributed by atoms with Crippen molar-refractivity contribution in [1.29, 1.82) is 0 Å². The fraction of sp³-hybridized carbons (Fsp3) is 0.333. The second-order valence-electron chi connectivity index (χ2n) is 4.91. The SMILES string of the molecule is COc1ccc(CN2CCc3cccc(Br)c3C2)nn1. The maximum absolute atomic E-state index is 5.03. The van der Waals surface area contributed by atoms with E-state index in [1.165, 1.54) is 15.6 Å². The summed E-state index contributed by atoms with van der Waals surface area (Å²) in [4.78, 5) is 2.39. The lowest BCUT2D eigenvalue weighted by Crippen LogP contribution is -2.30. The molecule has 0 N–H and O–H groups in total. The van der Waals surface area contributed by atoms with Crippen molar-refractivity contribution in [1.82, 2.24) is 15.1 Å². The second-order valence-corrected chi connectivity index (χ2v) is 5.76. The zero-order valence-electron chi connectivity index (χ0n) is 11.3. The molecule has 0 saturated heterocycles. The van der Waals surface area contributed by atoms with Crippen LogP contribution in [0.4, 0.5) is 0 Å². The Bertz CT molecular complexity index is 601. The van der Waals surface area contributed by atoms with E-state index in [2.05, 4.69) is 49.2 Å². The van der Waals surface area contributed by atoms with Crippen LogP contribution in [0.3, 0.4) is 0 Å². The minimum Gasteiger partial charge on any atom is -0.480 e. The largest absolute Gasteiger partial charge is 0.480 e. The number of hydrogen-bond donors (Lipinski definition) is 0. The number of rotatable bonds is 3. The van der Waals surface area contributed by atoms with Crippen molar-refractivity contribution in [2.45, 2.75) is 19.5 Å². The molecule has 0 aliphatic carbocycles. The number of hydrogen-bond acceptors (Lipinski definition) is 4. The molecule has 0 unspecified atom stereocenters. The predicted molar refractivity (Wildman–Crippen MR) is 80.5 cm³/mol. The molecule has 2 aromatic rings. The van der Waals surface area contributed by atoms with E-state index >= 15 is 0 Å². The first-order valence-corrected chi connectivity index (χ1v) is 7.41. The highest BCUT2D eigenvalue weighted by Gasteiger charge is 2.18. The van der Waals surface area contributed by atoms with Crippen LogP contribution in [0.5, 0.6) is 5.88 Å². The molecule has 2 heterocycles. The molecule has 104 valence electrons. The van der Waals surface area contributed by atoms with Gasteiger partial charge in [-0.2, -0.15) is 5.10 Å². The van der Waals surface area contributed by atoms with E-state index in [0.717, 1.165) is 31.7 Å². The first-order chi connectivity index (χ1) is 9.76. The Hall–Kier alpha value is -1.46. The fourth-order valence-corrected chi connectivity index (χ4v) is 3.03. The summed E-state index contributed by atoms with van der Waals surface area (Å²) in [6.45, 7) is 2.82. The topological polar surface area (TPSA) is 38.2 Å². The van der Waals surface area contributed by atoms with Gasteiger partial charge < -0.3 is 4.74 Å². The molecule has 0 amide bonds. The molecule has 0 saturated carbocycles. The van der Waals surface area contributed by atoms with Crippen molar-refractivity contribution in [2.75, 3.05) is 13.7 Å². The van der Waals surface area contributed by atoms with Crippen LogP contribution < -0.4 is 4.74 Å². The zero-order valence-corrected chi connectivity index (χ0v) is 12.9. The van der Waals surface area contributed by atoms with E-state index in [-0.39, 0.29) is 0 Å². The molecule has 0 bridgehead atoms. The van der Waals surface area contributed by atoms with Crippen molar-refractivity contribution in [3.8, 4) is 5.88 Å². The molecule has 0 radical (unpaired) electrons. The maximum atomic E-state index is 5.03. The van der Waals surface area contributed by atoms with Crippen molar-refractivity contribution in [3.63, 3.8) is 0 Å². The summed E-state index contributed by atoms with van der Waals surface area (Å²) in [5, 5.41) is 8.21. The highest BCUT2D eigenvalue weighted by molar-refractivity contribution is 9.10. The third kappa shape index (κ3) is 2.83. The molecule has 1 aliphatic rings. The van der Waals surface area contributed by atoms with Gasteiger partial charge in [0.15, 0.2) is 0 Å². The Morgan fingerprint density at radius 1 is 1.25 bits per heavy atom. The van der Waals surface area contributed by atoms with Gasteiger partial charge in [0.05, 0.1) is 12.8 Å². The van der Waals surface area contributed by atoms with E-state index < -0.39 is 0 Å². The molecule has 4 nitrogen and oxygen atoms in total. The number of fused-ring (bicyclic) bond motifs is 1. The van der Waals surface area contributed by atoms with Gasteiger partial charge >= 0.3 is 0 Å². The summed E-state index contributed by atoms with van der Waals surface area (Å²) in [6, 6.07) is 10.3. The molecule has 5 heteroatoms. The molecule has 1 aromatic carbocycles. The van der Waals surface area contributed by atoms with E-state index in [9.17, 15) is 0 Å². The van der Waals surface area contributed by atoms with Crippen molar-refractivity contribution in [2.24, 2.45) is 0 Å². The van der Waals surface area contributed by atoms with Gasteiger partial charge in [0.2, 0.25) is 5.88 Å². The molecular weight excluding hydrogens is 318 g/mol. The van der Waals surface area contributed by atoms with E-state index in [1.807, 2.05) is 12.1 Å². The fourth-order valence-electron chi connectivity index (χ4n) is 2.50. The highest BCUT2D eigenvalue weighted by Crippen LogP contribution is 2.27. The lowest BCUT2D eigenvalue weighted by Gasteiger charge is -2.29. The molecule has 3 rings (SSSR count). The van der Waals surface area contributed by atoms with E-state index in [0.29, 0.717) is 5.88 Å². The predicted octanol–water partition coefficient (Wildman–Crippen LogP) is 2.81. The summed E-state index contributed by atoms with van der Waals surface area (Å²) in [5.41, 5.74) is 3.80. The lowest BCUT2D eigenvalue weighted by molar-refractivity contribution is 0.241. The number of nitrogens with zero attached hydrogens (tertiary/aromatic N) is 3. The number of methoxy groups -OCH3 is 1. The van der Waals surface area contributed by atoms with Crippen LogP contribution in [0.1, 0.15) is 16.8 Å². The molecule has 20 heavy (non-hydrogen) atoms. The van der Waals surface area contributed by atoms with Crippen LogP contribution in [-0.4, -0.2) is 28.8 Å². The van der Waals surface area contributed by atoms with Crippen LogP contribution >= 0.6 is 15.9 Å². The third-order valence-corrected chi connectivity index (χ3v) is 4.33. The van der Waals surface area contributed by atoms with Crippen LogP contribution in [0.25, 0.3) is 0 Å². The Morgan fingerprint density at radius 3 is 2.90 bits per heavy atom. The zero-order chi connectivity index (χ0) is 13.9. The molecule has 1 aliphatic heterocycles. The quantitative estimate of drug-likeness (QED) is 0.865. The van der Waals surface area contributed by atoms with Crippen LogP contribution in [0.15, 0.2) is 34.8 Å². The van der Waals surface area contributed by atoms with Crippen LogP contribution in [0.2, 0.25) is 0 Å². The summed E-state index contributed by atoms with van der Waals surface area (Å²) in [6.07, 6.45) is 1.08. The molecule has 0 spiro atoms. The summed E-state index contributed by atoms with van der Waals surface area (Å²) < 4.78 is 6.22. The maximum Gasteiger partial charge on any atom is 0.233 e. The van der Waals surface area contributed by atoms with Gasteiger partial charge in [-0.1, -0.05) is 28.1 Å².